The van der Waals surface area contributed by atoms with E-state index in [-0.39, 0.29) is 0 Å². The zero-order chi connectivity index (χ0) is 15.4. The van der Waals surface area contributed by atoms with Gasteiger partial charge in [-0.2, -0.15) is 10.2 Å². The molecule has 0 N–H and O–H groups in total. The molecule has 0 unspecified atom stereocenters. The van der Waals surface area contributed by atoms with Crippen LogP contribution in [0.25, 0.3) is 10.8 Å². The summed E-state index contributed by atoms with van der Waals surface area (Å²) in [5.74, 6) is 0. The number of hydrogen-bond donors (Lipinski definition) is 0. The molecule has 0 aliphatic heterocycles. The molecule has 0 spiro atoms. The second-order valence-corrected chi connectivity index (χ2v) is 5.55. The summed E-state index contributed by atoms with van der Waals surface area (Å²) in [6.07, 6.45) is 2.03. The lowest BCUT2D eigenvalue weighted by Gasteiger charge is -2.14. The van der Waals surface area contributed by atoms with Gasteiger partial charge in [0.05, 0.1) is 5.71 Å². The minimum atomic E-state index is 0.976. The van der Waals surface area contributed by atoms with Gasteiger partial charge in [0, 0.05) is 11.3 Å². The molecule has 0 heterocycles. The Balaban J connectivity index is 2.74. The quantitative estimate of drug-likeness (QED) is 0.545. The van der Waals surface area contributed by atoms with Gasteiger partial charge in [-0.25, -0.2) is 0 Å². The molecule has 2 nitrogen and oxygen atoms in total. The van der Waals surface area contributed by atoms with E-state index in [1.165, 1.54) is 27.5 Å². The maximum absolute atomic E-state index is 4.39. The molecule has 0 aliphatic rings. The van der Waals surface area contributed by atoms with Crippen LogP contribution in [0, 0.1) is 0 Å². The molecule has 0 atom stereocenters. The average molecular weight is 280 g/mol. The Morgan fingerprint density at radius 3 is 2.14 bits per heavy atom. The molecule has 2 heteroatoms. The van der Waals surface area contributed by atoms with Crippen LogP contribution in [0.1, 0.15) is 51.3 Å². The Kier molecular flexibility index (Phi) is 4.89. The van der Waals surface area contributed by atoms with Gasteiger partial charge in [0.15, 0.2) is 0 Å². The molecule has 0 aromatic heterocycles. The van der Waals surface area contributed by atoms with Crippen molar-refractivity contribution in [1.29, 1.82) is 0 Å². The van der Waals surface area contributed by atoms with Crippen LogP contribution in [-0.2, 0) is 12.8 Å². The molecule has 0 radical (unpaired) electrons. The second-order valence-electron chi connectivity index (χ2n) is 5.55. The molecule has 2 aromatic carbocycles. The summed E-state index contributed by atoms with van der Waals surface area (Å²) in [6.45, 7) is 10.4. The Hall–Kier alpha value is -1.96. The van der Waals surface area contributed by atoms with Crippen molar-refractivity contribution in [1.82, 2.24) is 0 Å². The van der Waals surface area contributed by atoms with Gasteiger partial charge in [-0.3, -0.25) is 0 Å². The minimum Gasteiger partial charge on any atom is -0.160 e. The lowest BCUT2D eigenvalue weighted by molar-refractivity contribution is 1.11. The molecule has 2 aromatic rings. The van der Waals surface area contributed by atoms with Crippen LogP contribution in [0.2, 0.25) is 0 Å². The summed E-state index contributed by atoms with van der Waals surface area (Å²) in [4.78, 5) is 0. The molecule has 21 heavy (non-hydrogen) atoms. The zero-order valence-electron chi connectivity index (χ0n) is 13.7. The number of hydrogen-bond acceptors (Lipinski definition) is 2. The van der Waals surface area contributed by atoms with Crippen molar-refractivity contribution in [2.45, 2.75) is 47.5 Å². The van der Waals surface area contributed by atoms with Gasteiger partial charge in [0.25, 0.3) is 0 Å². The van der Waals surface area contributed by atoms with E-state index in [4.69, 9.17) is 0 Å². The topological polar surface area (TPSA) is 24.7 Å². The number of fused-ring (bicyclic) bond motifs is 1. The minimum absolute atomic E-state index is 0.976. The number of aryl methyl sites for hydroxylation is 2. The van der Waals surface area contributed by atoms with Crippen molar-refractivity contribution < 1.29 is 0 Å². The highest BCUT2D eigenvalue weighted by atomic mass is 15.2. The molecule has 2 rings (SSSR count). The summed E-state index contributed by atoms with van der Waals surface area (Å²) in [5, 5.41) is 11.3. The first kappa shape index (κ1) is 15.4. The van der Waals surface area contributed by atoms with Crippen LogP contribution in [0.4, 0.5) is 0 Å². The van der Waals surface area contributed by atoms with Crippen LogP contribution in [0.3, 0.4) is 0 Å². The molecule has 0 aliphatic carbocycles. The van der Waals surface area contributed by atoms with Crippen molar-refractivity contribution in [2.75, 3.05) is 0 Å². The van der Waals surface area contributed by atoms with E-state index in [1.54, 1.807) is 0 Å². The molecule has 0 saturated heterocycles. The highest BCUT2D eigenvalue weighted by Gasteiger charge is 2.12. The predicted octanol–water partition coefficient (Wildman–Crippen LogP) is 5.17. The van der Waals surface area contributed by atoms with Crippen LogP contribution < -0.4 is 0 Å². The van der Waals surface area contributed by atoms with E-state index in [2.05, 4.69) is 61.3 Å². The SMILES string of the molecule is CCc1cc(/C(C)=N\N=C(C)C)c(CC)c2ccccc12. The molecule has 0 fully saturated rings. The summed E-state index contributed by atoms with van der Waals surface area (Å²) < 4.78 is 0. The molecule has 0 bridgehead atoms. The first-order valence-electron chi connectivity index (χ1n) is 7.67. The maximum atomic E-state index is 4.39. The van der Waals surface area contributed by atoms with E-state index >= 15 is 0 Å². The Morgan fingerprint density at radius 2 is 1.57 bits per heavy atom. The summed E-state index contributed by atoms with van der Waals surface area (Å²) in [7, 11) is 0. The van der Waals surface area contributed by atoms with Crippen molar-refractivity contribution >= 4 is 22.2 Å². The Labute approximate surface area is 127 Å². The van der Waals surface area contributed by atoms with Gasteiger partial charge < -0.3 is 0 Å². The average Bonchev–Trinajstić information content (AvgIpc) is 2.50. The molecular formula is C19H24N2. The van der Waals surface area contributed by atoms with E-state index in [0.717, 1.165) is 24.3 Å². The number of rotatable bonds is 4. The Bertz CT molecular complexity index is 705. The lowest BCUT2D eigenvalue weighted by atomic mass is 9.90. The predicted molar refractivity (Wildman–Crippen MR) is 93.7 cm³/mol. The lowest BCUT2D eigenvalue weighted by Crippen LogP contribution is -2.03. The fraction of sp³-hybridized carbons (Fsp3) is 0.368. The molecule has 0 saturated carbocycles. The maximum Gasteiger partial charge on any atom is 0.0674 e. The number of benzene rings is 2. The van der Waals surface area contributed by atoms with Crippen molar-refractivity contribution in [3.05, 3.63) is 47.0 Å². The van der Waals surface area contributed by atoms with Crippen LogP contribution in [0.15, 0.2) is 40.5 Å². The third kappa shape index (κ3) is 3.21. The first-order valence-corrected chi connectivity index (χ1v) is 7.67. The summed E-state index contributed by atoms with van der Waals surface area (Å²) in [6, 6.07) is 11.0. The highest BCUT2D eigenvalue weighted by Crippen LogP contribution is 2.28. The zero-order valence-corrected chi connectivity index (χ0v) is 13.7. The monoisotopic (exact) mass is 280 g/mol. The summed E-state index contributed by atoms with van der Waals surface area (Å²) in [5.41, 5.74) is 5.95. The molecule has 0 amide bonds. The normalized spacial score (nSPS) is 11.8. The summed E-state index contributed by atoms with van der Waals surface area (Å²) >= 11 is 0. The van der Waals surface area contributed by atoms with Gasteiger partial charge >= 0.3 is 0 Å². The Morgan fingerprint density at radius 1 is 0.905 bits per heavy atom. The molecule has 110 valence electrons. The van der Waals surface area contributed by atoms with Gasteiger partial charge in [-0.1, -0.05) is 38.1 Å². The number of nitrogens with zero attached hydrogens (tertiary/aromatic N) is 2. The first-order chi connectivity index (χ1) is 10.1. The third-order valence-electron chi connectivity index (χ3n) is 3.77. The van der Waals surface area contributed by atoms with E-state index in [1.807, 2.05) is 13.8 Å². The fourth-order valence-corrected chi connectivity index (χ4v) is 2.74. The largest absolute Gasteiger partial charge is 0.160 e. The van der Waals surface area contributed by atoms with Crippen LogP contribution in [0.5, 0.6) is 0 Å². The van der Waals surface area contributed by atoms with Crippen LogP contribution in [-0.4, -0.2) is 11.4 Å². The van der Waals surface area contributed by atoms with Gasteiger partial charge in [-0.05, 0) is 61.6 Å². The second kappa shape index (κ2) is 6.66. The van der Waals surface area contributed by atoms with Gasteiger partial charge in [0.2, 0.25) is 0 Å². The van der Waals surface area contributed by atoms with Crippen molar-refractivity contribution in [3.63, 3.8) is 0 Å². The van der Waals surface area contributed by atoms with Gasteiger partial charge in [-0.15, -0.1) is 0 Å². The molecular weight excluding hydrogens is 256 g/mol. The van der Waals surface area contributed by atoms with Crippen LogP contribution >= 0.6 is 0 Å². The van der Waals surface area contributed by atoms with E-state index in [9.17, 15) is 0 Å². The van der Waals surface area contributed by atoms with Gasteiger partial charge in [0.1, 0.15) is 0 Å². The smallest absolute Gasteiger partial charge is 0.0674 e. The van der Waals surface area contributed by atoms with E-state index < -0.39 is 0 Å². The van der Waals surface area contributed by atoms with Crippen molar-refractivity contribution in [2.24, 2.45) is 10.2 Å². The highest BCUT2D eigenvalue weighted by molar-refractivity contribution is 6.05. The fourth-order valence-electron chi connectivity index (χ4n) is 2.74. The third-order valence-corrected chi connectivity index (χ3v) is 3.77. The van der Waals surface area contributed by atoms with Crippen molar-refractivity contribution in [3.8, 4) is 0 Å². The standard InChI is InChI=1S/C19H24N2/c1-6-15-12-19(14(5)21-20-13(3)4)16(7-2)18-11-9-8-10-17(15)18/h8-12H,6-7H2,1-5H3/b21-14-. The van der Waals surface area contributed by atoms with E-state index in [0.29, 0.717) is 0 Å².